The van der Waals surface area contributed by atoms with Crippen molar-refractivity contribution in [3.8, 4) is 5.88 Å². The number of nitrogens with zero attached hydrogens (tertiary/aromatic N) is 2. The van der Waals surface area contributed by atoms with Gasteiger partial charge in [-0.05, 0) is 30.2 Å². The normalized spacial score (nSPS) is 14.2. The van der Waals surface area contributed by atoms with Gasteiger partial charge in [0.05, 0.1) is 17.2 Å². The Bertz CT molecular complexity index is 972. The molecule has 0 spiro atoms. The van der Waals surface area contributed by atoms with Gasteiger partial charge in [0.1, 0.15) is 6.54 Å². The largest absolute Gasteiger partial charge is 0.493 e. The molecule has 0 radical (unpaired) electrons. The maximum absolute atomic E-state index is 12.2. The maximum atomic E-state index is 12.2. The molecule has 0 atom stereocenters. The number of fused-ring (bicyclic) bond motifs is 1. The third-order valence-corrected chi connectivity index (χ3v) is 5.07. The molecule has 0 amide bonds. The van der Waals surface area contributed by atoms with Crippen LogP contribution < -0.4 is 4.87 Å². The molecule has 0 unspecified atom stereocenters. The zero-order chi connectivity index (χ0) is 18.8. The van der Waals surface area contributed by atoms with Gasteiger partial charge in [0.25, 0.3) is 0 Å². The van der Waals surface area contributed by atoms with E-state index in [1.165, 1.54) is 0 Å². The Morgan fingerprint density at radius 2 is 2.23 bits per heavy atom. The number of aromatic nitrogens is 1. The Hall–Kier alpha value is -2.19. The van der Waals surface area contributed by atoms with E-state index in [1.54, 1.807) is 12.3 Å². The molecule has 1 N–H and O–H groups in total. The number of aliphatic imine (C=N–C) groups is 1. The highest BCUT2D eigenvalue weighted by Crippen LogP contribution is 2.36. The quantitative estimate of drug-likeness (QED) is 0.721. The number of allylic oxidation sites excluding steroid dienone is 1. The van der Waals surface area contributed by atoms with Crippen LogP contribution in [-0.2, 0) is 16.1 Å². The molecule has 0 saturated heterocycles. The molecule has 2 heterocycles. The molecule has 26 heavy (non-hydrogen) atoms. The number of rotatable bonds is 5. The number of halogens is 1. The average molecular weight is 437 g/mol. The van der Waals surface area contributed by atoms with E-state index in [-0.39, 0.29) is 24.9 Å². The van der Waals surface area contributed by atoms with Crippen LogP contribution in [0.5, 0.6) is 5.88 Å². The molecule has 0 aliphatic carbocycles. The lowest BCUT2D eigenvalue weighted by atomic mass is 10.1. The second kappa shape index (κ2) is 7.59. The number of ether oxygens (including phenoxy) is 1. The Morgan fingerprint density at radius 3 is 2.96 bits per heavy atom. The van der Waals surface area contributed by atoms with Crippen molar-refractivity contribution in [2.75, 3.05) is 6.61 Å². The van der Waals surface area contributed by atoms with Crippen molar-refractivity contribution < 1.29 is 14.6 Å². The molecule has 136 valence electrons. The Labute approximate surface area is 162 Å². The first-order valence-corrected chi connectivity index (χ1v) is 9.60. The SMILES string of the molecule is CC(C)COC(=O)Cn1c(O)c(C=C2C=Nc3ccc(Br)cc32)sc1=O. The number of hydrogen-bond donors (Lipinski definition) is 1. The molecule has 3 rings (SSSR count). The second-order valence-corrected chi connectivity index (χ2v) is 8.15. The summed E-state index contributed by atoms with van der Waals surface area (Å²) in [6.45, 7) is 3.81. The highest BCUT2D eigenvalue weighted by molar-refractivity contribution is 9.10. The first-order valence-electron chi connectivity index (χ1n) is 7.99. The smallest absolute Gasteiger partial charge is 0.326 e. The van der Waals surface area contributed by atoms with E-state index in [1.807, 2.05) is 32.0 Å². The Kier molecular flexibility index (Phi) is 5.43. The van der Waals surface area contributed by atoms with E-state index >= 15 is 0 Å². The number of thiazole rings is 1. The molecule has 1 aromatic heterocycles. The standard InChI is InChI=1S/C18H17BrN2O4S/c1-10(2)9-25-16(22)8-21-17(23)15(26-18(21)24)5-11-7-20-14-4-3-12(19)6-13(11)14/h3-7,10,23H,8-9H2,1-2H3. The summed E-state index contributed by atoms with van der Waals surface area (Å²) in [5.74, 6) is -0.594. The van der Waals surface area contributed by atoms with Crippen molar-refractivity contribution in [1.29, 1.82) is 0 Å². The fourth-order valence-corrected chi connectivity index (χ4v) is 3.60. The predicted molar refractivity (Wildman–Crippen MR) is 106 cm³/mol. The van der Waals surface area contributed by atoms with Gasteiger partial charge < -0.3 is 9.84 Å². The number of aromatic hydroxyl groups is 1. The summed E-state index contributed by atoms with van der Waals surface area (Å²) in [6.07, 6.45) is 3.38. The molecule has 2 aromatic rings. The third kappa shape index (κ3) is 3.96. The molecule has 0 bridgehead atoms. The van der Waals surface area contributed by atoms with Crippen molar-refractivity contribution in [2.24, 2.45) is 10.9 Å². The minimum Gasteiger partial charge on any atom is -0.493 e. The highest BCUT2D eigenvalue weighted by Gasteiger charge is 2.19. The Balaban J connectivity index is 1.86. The van der Waals surface area contributed by atoms with Crippen LogP contribution in [-0.4, -0.2) is 28.5 Å². The number of carbonyl (C=O) groups excluding carboxylic acids is 1. The average Bonchev–Trinajstić information content (AvgIpc) is 3.09. The highest BCUT2D eigenvalue weighted by atomic mass is 79.9. The van der Waals surface area contributed by atoms with Gasteiger partial charge in [-0.3, -0.25) is 19.1 Å². The Morgan fingerprint density at radius 1 is 1.46 bits per heavy atom. The van der Waals surface area contributed by atoms with E-state index in [0.29, 0.717) is 4.88 Å². The molecular formula is C18H17BrN2O4S. The third-order valence-electron chi connectivity index (χ3n) is 3.66. The molecule has 0 fully saturated rings. The van der Waals surface area contributed by atoms with Crippen LogP contribution >= 0.6 is 27.3 Å². The van der Waals surface area contributed by atoms with Gasteiger partial charge in [-0.25, -0.2) is 0 Å². The van der Waals surface area contributed by atoms with Crippen molar-refractivity contribution >= 4 is 56.8 Å². The fraction of sp³-hybridized carbons (Fsp3) is 0.278. The predicted octanol–water partition coefficient (Wildman–Crippen LogP) is 3.83. The van der Waals surface area contributed by atoms with E-state index in [2.05, 4.69) is 20.9 Å². The number of esters is 1. The molecule has 1 aromatic carbocycles. The van der Waals surface area contributed by atoms with Gasteiger partial charge in [0.2, 0.25) is 5.88 Å². The summed E-state index contributed by atoms with van der Waals surface area (Å²) in [6, 6.07) is 5.71. The monoisotopic (exact) mass is 436 g/mol. The van der Waals surface area contributed by atoms with E-state index < -0.39 is 10.8 Å². The van der Waals surface area contributed by atoms with Gasteiger partial charge >= 0.3 is 10.8 Å². The number of hydrogen-bond acceptors (Lipinski definition) is 6. The lowest BCUT2D eigenvalue weighted by molar-refractivity contribution is -0.145. The summed E-state index contributed by atoms with van der Waals surface area (Å²) < 4.78 is 7.01. The zero-order valence-corrected chi connectivity index (χ0v) is 16.6. The van der Waals surface area contributed by atoms with Crippen molar-refractivity contribution in [2.45, 2.75) is 20.4 Å². The summed E-state index contributed by atoms with van der Waals surface area (Å²) in [5.41, 5.74) is 2.51. The molecule has 1 aliphatic heterocycles. The van der Waals surface area contributed by atoms with Gasteiger partial charge in [-0.2, -0.15) is 0 Å². The van der Waals surface area contributed by atoms with E-state index in [9.17, 15) is 14.7 Å². The topological polar surface area (TPSA) is 80.9 Å². The van der Waals surface area contributed by atoms with Crippen LogP contribution in [0.15, 0.2) is 32.5 Å². The summed E-state index contributed by atoms with van der Waals surface area (Å²) in [4.78, 5) is 28.3. The van der Waals surface area contributed by atoms with Gasteiger partial charge in [-0.1, -0.05) is 41.1 Å². The molecule has 6 nitrogen and oxygen atoms in total. The molecule has 1 aliphatic rings. The van der Waals surface area contributed by atoms with Crippen LogP contribution in [0, 0.1) is 5.92 Å². The summed E-state index contributed by atoms with van der Waals surface area (Å²) >= 11 is 4.30. The molecule has 0 saturated carbocycles. The number of carbonyl (C=O) groups is 1. The van der Waals surface area contributed by atoms with Crippen molar-refractivity contribution in [1.82, 2.24) is 4.57 Å². The van der Waals surface area contributed by atoms with Gasteiger partial charge in [0, 0.05) is 21.8 Å². The van der Waals surface area contributed by atoms with Crippen LogP contribution in [0.2, 0.25) is 0 Å². The maximum Gasteiger partial charge on any atom is 0.326 e. The van der Waals surface area contributed by atoms with E-state index in [4.69, 9.17) is 4.74 Å². The van der Waals surface area contributed by atoms with Crippen molar-refractivity contribution in [3.63, 3.8) is 0 Å². The second-order valence-electron chi connectivity index (χ2n) is 6.24. The lowest BCUT2D eigenvalue weighted by Gasteiger charge is -2.07. The van der Waals surface area contributed by atoms with E-state index in [0.717, 1.165) is 37.2 Å². The number of benzene rings is 1. The summed E-state index contributed by atoms with van der Waals surface area (Å²) in [7, 11) is 0. The minimum atomic E-state index is -0.551. The van der Waals surface area contributed by atoms with Crippen LogP contribution in [0.1, 0.15) is 24.3 Å². The fourth-order valence-electron chi connectivity index (χ4n) is 2.40. The van der Waals surface area contributed by atoms with Gasteiger partial charge in [-0.15, -0.1) is 0 Å². The lowest BCUT2D eigenvalue weighted by Crippen LogP contribution is -2.21. The molecule has 8 heteroatoms. The summed E-state index contributed by atoms with van der Waals surface area (Å²) in [5, 5.41) is 10.4. The van der Waals surface area contributed by atoms with Crippen LogP contribution in [0.4, 0.5) is 5.69 Å². The first-order chi connectivity index (χ1) is 12.3. The van der Waals surface area contributed by atoms with Crippen molar-refractivity contribution in [3.05, 3.63) is 42.8 Å². The minimum absolute atomic E-state index is 0.202. The van der Waals surface area contributed by atoms with Crippen LogP contribution in [0.25, 0.3) is 11.6 Å². The molecular weight excluding hydrogens is 420 g/mol. The van der Waals surface area contributed by atoms with Gasteiger partial charge in [0.15, 0.2) is 0 Å². The zero-order valence-electron chi connectivity index (χ0n) is 14.2. The van der Waals surface area contributed by atoms with Crippen LogP contribution in [0.3, 0.4) is 0 Å². The first kappa shape index (κ1) is 18.6.